The topological polar surface area (TPSA) is 71.8 Å². The van der Waals surface area contributed by atoms with Gasteiger partial charge in [-0.3, -0.25) is 4.79 Å². The fraction of sp³-hybridized carbons (Fsp3) is 0.0952. The van der Waals surface area contributed by atoms with Crippen LogP contribution in [0.25, 0.3) is 11.0 Å². The quantitative estimate of drug-likeness (QED) is 0.572. The second-order valence-corrected chi connectivity index (χ2v) is 6.18. The number of aromatic nitrogens is 3. The molecule has 1 amide bonds. The maximum Gasteiger partial charge on any atom is 0.270 e. The van der Waals surface area contributed by atoms with Crippen molar-refractivity contribution in [3.8, 4) is 0 Å². The van der Waals surface area contributed by atoms with Gasteiger partial charge in [0.1, 0.15) is 11.5 Å². The summed E-state index contributed by atoms with van der Waals surface area (Å²) >= 11 is 0. The summed E-state index contributed by atoms with van der Waals surface area (Å²) in [5.41, 5.74) is 3.32. The van der Waals surface area contributed by atoms with Crippen molar-refractivity contribution >= 4 is 28.7 Å². The van der Waals surface area contributed by atoms with Crippen molar-refractivity contribution in [2.75, 3.05) is 5.32 Å². The van der Waals surface area contributed by atoms with E-state index in [-0.39, 0.29) is 5.91 Å². The van der Waals surface area contributed by atoms with Gasteiger partial charge in [0.15, 0.2) is 0 Å². The average molecular weight is 357 g/mol. The van der Waals surface area contributed by atoms with E-state index in [0.29, 0.717) is 24.0 Å². The van der Waals surface area contributed by atoms with Crippen molar-refractivity contribution in [1.82, 2.24) is 19.9 Å². The first-order valence-electron chi connectivity index (χ1n) is 8.68. The Morgan fingerprint density at radius 3 is 2.52 bits per heavy atom. The highest BCUT2D eigenvalue weighted by molar-refractivity contribution is 5.92. The molecule has 2 aromatic carbocycles. The highest BCUT2D eigenvalue weighted by atomic mass is 16.1. The first-order chi connectivity index (χ1) is 13.2. The van der Waals surface area contributed by atoms with E-state index in [1.807, 2.05) is 72.3 Å². The number of nitrogens with zero attached hydrogens (tertiary/aromatic N) is 3. The molecular weight excluding hydrogens is 338 g/mol. The lowest BCUT2D eigenvalue weighted by Gasteiger charge is -2.08. The van der Waals surface area contributed by atoms with E-state index in [2.05, 4.69) is 20.6 Å². The molecule has 27 heavy (non-hydrogen) atoms. The van der Waals surface area contributed by atoms with Crippen LogP contribution in [-0.4, -0.2) is 20.4 Å². The Hall–Kier alpha value is -3.67. The first kappa shape index (κ1) is 16.8. The zero-order valence-electron chi connectivity index (χ0n) is 14.9. The number of anilines is 2. The van der Waals surface area contributed by atoms with Crippen LogP contribution < -0.4 is 10.6 Å². The Balaban J connectivity index is 1.50. The molecule has 0 saturated carbocycles. The summed E-state index contributed by atoms with van der Waals surface area (Å²) in [5, 5.41) is 6.08. The van der Waals surface area contributed by atoms with Gasteiger partial charge in [0, 0.05) is 13.6 Å². The van der Waals surface area contributed by atoms with Gasteiger partial charge < -0.3 is 15.2 Å². The number of benzene rings is 2. The molecule has 6 heteroatoms. The fourth-order valence-corrected chi connectivity index (χ4v) is 2.87. The van der Waals surface area contributed by atoms with Crippen LogP contribution in [-0.2, 0) is 13.6 Å². The van der Waals surface area contributed by atoms with E-state index in [9.17, 15) is 4.79 Å². The summed E-state index contributed by atoms with van der Waals surface area (Å²) in [6.07, 6.45) is 0. The predicted molar refractivity (Wildman–Crippen MR) is 106 cm³/mol. The zero-order chi connectivity index (χ0) is 18.6. The van der Waals surface area contributed by atoms with Gasteiger partial charge in [0.2, 0.25) is 5.95 Å². The number of nitrogens with one attached hydrogen (secondary N) is 2. The predicted octanol–water partition coefficient (Wildman–Crippen LogP) is 3.64. The van der Waals surface area contributed by atoms with Crippen LogP contribution in [0.3, 0.4) is 0 Å². The van der Waals surface area contributed by atoms with Crippen LogP contribution in [0.15, 0.2) is 72.8 Å². The molecule has 0 spiro atoms. The number of carbonyl (C=O) groups excluding carboxylic acids is 1. The fourth-order valence-electron chi connectivity index (χ4n) is 2.87. The maximum atomic E-state index is 12.4. The number of fused-ring (bicyclic) bond motifs is 1. The number of para-hydroxylation sites is 2. The Morgan fingerprint density at radius 1 is 0.926 bits per heavy atom. The zero-order valence-corrected chi connectivity index (χ0v) is 14.9. The Morgan fingerprint density at radius 2 is 1.70 bits per heavy atom. The SMILES string of the molecule is Cn1c(Nc2cccc(C(=O)NCc3ccccc3)n2)nc2ccccc21. The number of imidazole rings is 1. The van der Waals surface area contributed by atoms with Gasteiger partial charge in [0.25, 0.3) is 5.91 Å². The molecule has 134 valence electrons. The lowest BCUT2D eigenvalue weighted by molar-refractivity contribution is 0.0946. The molecule has 6 nitrogen and oxygen atoms in total. The molecule has 0 aliphatic heterocycles. The van der Waals surface area contributed by atoms with Crippen LogP contribution in [0.2, 0.25) is 0 Å². The Labute approximate surface area is 156 Å². The molecule has 0 aliphatic rings. The molecule has 0 radical (unpaired) electrons. The number of carbonyl (C=O) groups is 1. The average Bonchev–Trinajstić information content (AvgIpc) is 3.03. The number of amides is 1. The highest BCUT2D eigenvalue weighted by Gasteiger charge is 2.11. The van der Waals surface area contributed by atoms with E-state index in [0.717, 1.165) is 16.6 Å². The number of rotatable bonds is 5. The first-order valence-corrected chi connectivity index (χ1v) is 8.68. The summed E-state index contributed by atoms with van der Waals surface area (Å²) in [5.74, 6) is 1.03. The van der Waals surface area contributed by atoms with Crippen molar-refractivity contribution in [1.29, 1.82) is 0 Å². The van der Waals surface area contributed by atoms with Gasteiger partial charge in [-0.15, -0.1) is 0 Å². The monoisotopic (exact) mass is 357 g/mol. The lowest BCUT2D eigenvalue weighted by Crippen LogP contribution is -2.24. The summed E-state index contributed by atoms with van der Waals surface area (Å²) in [7, 11) is 1.94. The molecule has 0 aliphatic carbocycles. The molecule has 0 bridgehead atoms. The van der Waals surface area contributed by atoms with Gasteiger partial charge >= 0.3 is 0 Å². The second kappa shape index (κ2) is 7.29. The molecule has 2 heterocycles. The van der Waals surface area contributed by atoms with Crippen molar-refractivity contribution in [3.63, 3.8) is 0 Å². The van der Waals surface area contributed by atoms with Crippen LogP contribution in [0, 0.1) is 0 Å². The molecule has 2 aromatic heterocycles. The summed E-state index contributed by atoms with van der Waals surface area (Å²) < 4.78 is 1.96. The number of hydrogen-bond donors (Lipinski definition) is 2. The minimum atomic E-state index is -0.215. The van der Waals surface area contributed by atoms with Crippen molar-refractivity contribution in [2.45, 2.75) is 6.54 Å². The standard InChI is InChI=1S/C21H19N5O/c1-26-18-12-6-5-10-16(18)24-21(26)25-19-13-7-11-17(23-19)20(27)22-14-15-8-3-2-4-9-15/h2-13H,14H2,1H3,(H,22,27)(H,23,24,25). The van der Waals surface area contributed by atoms with E-state index >= 15 is 0 Å². The maximum absolute atomic E-state index is 12.4. The molecule has 0 unspecified atom stereocenters. The van der Waals surface area contributed by atoms with Gasteiger partial charge in [-0.2, -0.15) is 0 Å². The third kappa shape index (κ3) is 3.64. The molecular formula is C21H19N5O. The molecule has 0 saturated heterocycles. The second-order valence-electron chi connectivity index (χ2n) is 6.18. The Bertz CT molecular complexity index is 1090. The third-order valence-corrected chi connectivity index (χ3v) is 4.30. The van der Waals surface area contributed by atoms with Crippen molar-refractivity contribution in [2.24, 2.45) is 7.05 Å². The van der Waals surface area contributed by atoms with Gasteiger partial charge in [-0.05, 0) is 29.8 Å². The minimum Gasteiger partial charge on any atom is -0.347 e. The van der Waals surface area contributed by atoms with Crippen LogP contribution in [0.1, 0.15) is 16.1 Å². The highest BCUT2D eigenvalue weighted by Crippen LogP contribution is 2.20. The summed E-state index contributed by atoms with van der Waals surface area (Å²) in [6, 6.07) is 23.0. The lowest BCUT2D eigenvalue weighted by atomic mass is 10.2. The Kier molecular flexibility index (Phi) is 4.53. The van der Waals surface area contributed by atoms with Crippen molar-refractivity contribution in [3.05, 3.63) is 84.1 Å². The number of hydrogen-bond acceptors (Lipinski definition) is 4. The van der Waals surface area contributed by atoms with E-state index in [4.69, 9.17) is 0 Å². The molecule has 0 atom stereocenters. The minimum absolute atomic E-state index is 0.215. The number of pyridine rings is 1. The molecule has 4 aromatic rings. The van der Waals surface area contributed by atoms with Crippen LogP contribution >= 0.6 is 0 Å². The largest absolute Gasteiger partial charge is 0.347 e. The molecule has 2 N–H and O–H groups in total. The molecule has 4 rings (SSSR count). The summed E-state index contributed by atoms with van der Waals surface area (Å²) in [6.45, 7) is 0.462. The van der Waals surface area contributed by atoms with E-state index in [1.165, 1.54) is 0 Å². The number of aryl methyl sites for hydroxylation is 1. The normalized spacial score (nSPS) is 10.7. The smallest absolute Gasteiger partial charge is 0.270 e. The van der Waals surface area contributed by atoms with Gasteiger partial charge in [-0.25, -0.2) is 9.97 Å². The van der Waals surface area contributed by atoms with E-state index < -0.39 is 0 Å². The third-order valence-electron chi connectivity index (χ3n) is 4.30. The van der Waals surface area contributed by atoms with Crippen LogP contribution in [0.5, 0.6) is 0 Å². The van der Waals surface area contributed by atoms with Gasteiger partial charge in [0.05, 0.1) is 11.0 Å². The van der Waals surface area contributed by atoms with Crippen molar-refractivity contribution < 1.29 is 4.79 Å². The van der Waals surface area contributed by atoms with Gasteiger partial charge in [-0.1, -0.05) is 48.5 Å². The van der Waals surface area contributed by atoms with E-state index in [1.54, 1.807) is 12.1 Å². The summed E-state index contributed by atoms with van der Waals surface area (Å²) in [4.78, 5) is 21.4. The molecule has 0 fully saturated rings. The van der Waals surface area contributed by atoms with Crippen LogP contribution in [0.4, 0.5) is 11.8 Å².